The van der Waals surface area contributed by atoms with Crippen molar-refractivity contribution in [2.45, 2.75) is 26.6 Å². The minimum Gasteiger partial charge on any atom is -0.394 e. The average molecular weight is 226 g/mol. The van der Waals surface area contributed by atoms with Crippen LogP contribution in [-0.4, -0.2) is 24.6 Å². The van der Waals surface area contributed by atoms with Crippen molar-refractivity contribution in [3.63, 3.8) is 0 Å². The maximum Gasteiger partial charge on any atom is 0.147 e. The Labute approximate surface area is 99.8 Å². The molecule has 3 heteroatoms. The highest BCUT2D eigenvalue weighted by Gasteiger charge is 2.11. The molecule has 0 radical (unpaired) electrons. The van der Waals surface area contributed by atoms with Crippen LogP contribution in [0.1, 0.15) is 22.2 Å². The maximum atomic E-state index is 9.32. The average Bonchev–Trinajstić information content (AvgIpc) is 2.27. The molecule has 1 rings (SSSR count). The van der Waals surface area contributed by atoms with E-state index in [1.54, 1.807) is 13.8 Å². The van der Waals surface area contributed by atoms with Crippen LogP contribution in [0.25, 0.3) is 0 Å². The summed E-state index contributed by atoms with van der Waals surface area (Å²) in [6, 6.07) is 9.64. The van der Waals surface area contributed by atoms with Crippen LogP contribution in [-0.2, 0) is 16.1 Å². The molecule has 0 heterocycles. The zero-order chi connectivity index (χ0) is 13.6. The Kier molecular flexibility index (Phi) is 4.74. The first-order valence-corrected chi connectivity index (χ1v) is 5.37. The van der Waals surface area contributed by atoms with Crippen molar-refractivity contribution in [3.8, 4) is 0 Å². The zero-order valence-electron chi connectivity index (χ0n) is 11.7. The largest absolute Gasteiger partial charge is 0.394 e. The second-order valence-corrected chi connectivity index (χ2v) is 3.91. The normalized spacial score (nSPS) is 15.8. The summed E-state index contributed by atoms with van der Waals surface area (Å²) in [5.41, 5.74) is 1.02. The number of benzene rings is 1. The lowest BCUT2D eigenvalue weighted by Gasteiger charge is -2.18. The summed E-state index contributed by atoms with van der Waals surface area (Å²) in [5, 5.41) is 9.32. The molecular weight excluding hydrogens is 204 g/mol. The molecule has 1 N–H and O–H groups in total. The number of rotatable bonds is 7. The molecule has 0 aromatic heterocycles. The molecular formula is C13H20O3. The van der Waals surface area contributed by atoms with Gasteiger partial charge in [0.1, 0.15) is 6.79 Å². The van der Waals surface area contributed by atoms with Crippen LogP contribution in [0.4, 0.5) is 0 Å². The molecule has 0 saturated carbocycles. The topological polar surface area (TPSA) is 38.7 Å². The Morgan fingerprint density at radius 3 is 2.56 bits per heavy atom. The first-order chi connectivity index (χ1) is 8.41. The molecule has 3 nitrogen and oxygen atoms in total. The first-order valence-electron chi connectivity index (χ1n) is 6.37. The predicted octanol–water partition coefficient (Wildman–Crippen LogP) is 2.19. The van der Waals surface area contributed by atoms with Crippen molar-refractivity contribution in [2.24, 2.45) is 5.92 Å². The summed E-state index contributed by atoms with van der Waals surface area (Å²) in [6.07, 6.45) is -0.895. The van der Waals surface area contributed by atoms with E-state index in [1.165, 1.54) is 0 Å². The van der Waals surface area contributed by atoms with Crippen LogP contribution in [0.5, 0.6) is 0 Å². The third kappa shape index (κ3) is 4.75. The standard InChI is InChI=1S/C13H20O3/c1-11(2)13(8-14)16-10-15-9-12-6-4-3-5-7-12/h3-7,11,13-14H,8-10H2,1-2H3/t13-/m0/s1/i8D2. The van der Waals surface area contributed by atoms with Crippen LogP contribution in [0, 0.1) is 5.92 Å². The van der Waals surface area contributed by atoms with E-state index in [0.717, 1.165) is 5.56 Å². The Hall–Kier alpha value is -0.900. The van der Waals surface area contributed by atoms with Gasteiger partial charge in [-0.2, -0.15) is 0 Å². The van der Waals surface area contributed by atoms with E-state index in [2.05, 4.69) is 0 Å². The van der Waals surface area contributed by atoms with Gasteiger partial charge in [-0.1, -0.05) is 44.2 Å². The lowest BCUT2D eigenvalue weighted by molar-refractivity contribution is -0.121. The van der Waals surface area contributed by atoms with E-state index < -0.39 is 12.7 Å². The van der Waals surface area contributed by atoms with Crippen molar-refractivity contribution in [1.29, 1.82) is 0 Å². The monoisotopic (exact) mass is 226 g/mol. The highest BCUT2D eigenvalue weighted by Crippen LogP contribution is 2.06. The van der Waals surface area contributed by atoms with E-state index >= 15 is 0 Å². The molecule has 1 aromatic rings. The lowest BCUT2D eigenvalue weighted by atomic mass is 10.1. The van der Waals surface area contributed by atoms with Gasteiger partial charge in [-0.05, 0) is 11.5 Å². The van der Waals surface area contributed by atoms with E-state index in [-0.39, 0.29) is 12.7 Å². The molecule has 0 amide bonds. The second-order valence-electron chi connectivity index (χ2n) is 3.91. The molecule has 1 atom stereocenters. The molecule has 0 fully saturated rings. The first kappa shape index (κ1) is 10.3. The molecule has 0 unspecified atom stereocenters. The maximum absolute atomic E-state index is 9.32. The Balaban J connectivity index is 2.32. The minimum absolute atomic E-state index is 0.0438. The van der Waals surface area contributed by atoms with Crippen LogP contribution < -0.4 is 0 Å². The highest BCUT2D eigenvalue weighted by atomic mass is 16.7. The Morgan fingerprint density at radius 1 is 1.31 bits per heavy atom. The fourth-order valence-corrected chi connectivity index (χ4v) is 1.23. The van der Waals surface area contributed by atoms with E-state index in [0.29, 0.717) is 6.61 Å². The fourth-order valence-electron chi connectivity index (χ4n) is 1.23. The summed E-state index contributed by atoms with van der Waals surface area (Å²) >= 11 is 0. The van der Waals surface area contributed by atoms with Gasteiger partial charge in [0.05, 0.1) is 22.0 Å². The molecule has 0 aliphatic carbocycles. The third-order valence-corrected chi connectivity index (χ3v) is 2.18. The second kappa shape index (κ2) is 7.39. The number of hydrogen-bond donors (Lipinski definition) is 1. The number of ether oxygens (including phenoxy) is 2. The number of hydrogen-bond acceptors (Lipinski definition) is 3. The summed E-state index contributed by atoms with van der Waals surface area (Å²) in [7, 11) is 0. The van der Waals surface area contributed by atoms with Gasteiger partial charge in [0.15, 0.2) is 0 Å². The smallest absolute Gasteiger partial charge is 0.147 e. The van der Waals surface area contributed by atoms with Crippen LogP contribution in [0.3, 0.4) is 0 Å². The van der Waals surface area contributed by atoms with Gasteiger partial charge < -0.3 is 14.6 Å². The number of aliphatic hydroxyl groups is 1. The van der Waals surface area contributed by atoms with E-state index in [9.17, 15) is 5.11 Å². The molecule has 90 valence electrons. The predicted molar refractivity (Wildman–Crippen MR) is 62.9 cm³/mol. The zero-order valence-corrected chi connectivity index (χ0v) is 9.72. The van der Waals surface area contributed by atoms with Gasteiger partial charge >= 0.3 is 0 Å². The molecule has 0 aliphatic rings. The summed E-state index contributed by atoms with van der Waals surface area (Å²) in [5.74, 6) is -0.134. The van der Waals surface area contributed by atoms with Crippen molar-refractivity contribution >= 4 is 0 Å². The molecule has 1 aromatic carbocycles. The van der Waals surface area contributed by atoms with Crippen molar-refractivity contribution in [3.05, 3.63) is 35.9 Å². The molecule has 0 spiro atoms. The Morgan fingerprint density at radius 2 is 2.00 bits per heavy atom. The van der Waals surface area contributed by atoms with Crippen molar-refractivity contribution in [2.75, 3.05) is 13.4 Å². The van der Waals surface area contributed by atoms with Gasteiger partial charge in [0.25, 0.3) is 0 Å². The van der Waals surface area contributed by atoms with Gasteiger partial charge in [-0.15, -0.1) is 0 Å². The van der Waals surface area contributed by atoms with Gasteiger partial charge in [-0.3, -0.25) is 0 Å². The molecule has 0 bridgehead atoms. The van der Waals surface area contributed by atoms with E-state index in [4.69, 9.17) is 12.2 Å². The lowest BCUT2D eigenvalue weighted by Crippen LogP contribution is -2.25. The van der Waals surface area contributed by atoms with Crippen molar-refractivity contribution < 1.29 is 17.3 Å². The Bertz CT molecular complexity index is 336. The van der Waals surface area contributed by atoms with Crippen LogP contribution >= 0.6 is 0 Å². The van der Waals surface area contributed by atoms with Gasteiger partial charge in [-0.25, -0.2) is 0 Å². The fraction of sp³-hybridized carbons (Fsp3) is 0.538. The summed E-state index contributed by atoms with van der Waals surface area (Å²) in [6.45, 7) is 1.58. The summed E-state index contributed by atoms with van der Waals surface area (Å²) < 4.78 is 25.1. The van der Waals surface area contributed by atoms with Gasteiger partial charge in [0, 0.05) is 0 Å². The highest BCUT2D eigenvalue weighted by molar-refractivity contribution is 5.13. The van der Waals surface area contributed by atoms with Crippen molar-refractivity contribution in [1.82, 2.24) is 0 Å². The third-order valence-electron chi connectivity index (χ3n) is 2.18. The van der Waals surface area contributed by atoms with Gasteiger partial charge in [0.2, 0.25) is 0 Å². The molecule has 16 heavy (non-hydrogen) atoms. The SMILES string of the molecule is [2H]C([2H])(O)[C@H](OCOCc1ccccc1)C(C)C. The molecule has 0 aliphatic heterocycles. The summed E-state index contributed by atoms with van der Waals surface area (Å²) in [4.78, 5) is 0. The van der Waals surface area contributed by atoms with Crippen LogP contribution in [0.15, 0.2) is 30.3 Å². The van der Waals surface area contributed by atoms with Crippen LogP contribution in [0.2, 0.25) is 0 Å². The van der Waals surface area contributed by atoms with E-state index in [1.807, 2.05) is 30.3 Å². The molecule has 0 saturated heterocycles. The minimum atomic E-state index is -2.36. The quantitative estimate of drug-likeness (QED) is 0.572.